The van der Waals surface area contributed by atoms with Gasteiger partial charge in [0.1, 0.15) is 16.7 Å². The molecule has 0 bridgehead atoms. The van der Waals surface area contributed by atoms with E-state index in [-0.39, 0.29) is 53.8 Å². The van der Waals surface area contributed by atoms with Crippen LogP contribution in [0.15, 0.2) is 167 Å². The van der Waals surface area contributed by atoms with Crippen molar-refractivity contribution in [2.24, 2.45) is 5.73 Å². The molecule has 7 aromatic carbocycles. The van der Waals surface area contributed by atoms with Crippen LogP contribution in [-0.2, 0) is 37.8 Å². The van der Waals surface area contributed by atoms with Crippen LogP contribution in [0.1, 0.15) is 111 Å². The van der Waals surface area contributed by atoms with Gasteiger partial charge in [0.15, 0.2) is 11.2 Å². The number of oxazole rings is 2. The summed E-state index contributed by atoms with van der Waals surface area (Å²) in [5.41, 5.74) is 34.3. The standard InChI is InChI=1S/C19H18N4O2.C13H17BN2O3.C12H13BrN2O.C11H13BrN2O3.C11H15BrN2O.C6H3BrFNO2.C5H11NO.CH2O2.CH4/c20-19-22-16-9-12(2-4-18(16)25-19)13-1-3-15-17(10-13)23(11-21-15)14-5-7-24-8-6-14;1-12(2)13(3,4)19-14(18-12)8-5-6-10-9(7-8)16-11(15)17-10;13-9-1-2-11-12(7-9)15(8-14-11)10-3-5-16-6-4-10;12-8-1-2-11(14(15)16)10(7-8)13-9-3-5-17-6-4-9;12-8-1-2-10(13)11(7-8)14-9-3-5-15-6-4-9;7-4-1-2-6(9(10)11)5(8)3-4;6-5-1-3-7-4-2-5;2-1-3;/h1-4,9-11,14H,5-8H2,(H2,20,22);5-7H,1-4H3,(H2,15,16);1-2,7-8,10H,3-6H2;1-2,7,9,13H,3-6H2;1-2,7,9,14H,3-6,13H2;1-3H;5H,1-4,6H2;1H,(H,2,3);1H4. The van der Waals surface area contributed by atoms with E-state index in [1.807, 2.05) is 101 Å². The van der Waals surface area contributed by atoms with Gasteiger partial charge in [0.05, 0.1) is 67.1 Å². The number of nitro benzene ring substituents is 2. The van der Waals surface area contributed by atoms with Crippen LogP contribution < -0.4 is 39.0 Å². The maximum Gasteiger partial charge on any atom is 0.494 e. The number of nitro groups is 2. The first-order valence-corrected chi connectivity index (χ1v) is 40.0. The summed E-state index contributed by atoms with van der Waals surface area (Å²) in [6, 6.07) is 41.0. The van der Waals surface area contributed by atoms with Crippen molar-refractivity contribution in [3.05, 3.63) is 184 Å². The second-order valence-electron chi connectivity index (χ2n) is 28.0. The zero-order chi connectivity index (χ0) is 80.8. The minimum absolute atomic E-state index is 0. The van der Waals surface area contributed by atoms with Crippen LogP contribution in [0, 0.1) is 26.0 Å². The van der Waals surface area contributed by atoms with Crippen molar-refractivity contribution in [2.45, 2.75) is 141 Å². The number of aromatic nitrogens is 6. The number of nitrogens with zero attached hydrogens (tertiary/aromatic N) is 8. The number of hydrogen-bond acceptors (Lipinski definition) is 24. The number of fused-ring (bicyclic) bond motifs is 4. The Bertz CT molecular complexity index is 4930. The molecule has 0 aliphatic carbocycles. The molecule has 4 aromatic heterocycles. The van der Waals surface area contributed by atoms with Crippen LogP contribution >= 0.6 is 63.7 Å². The minimum atomic E-state index is -0.829. The molecule has 6 fully saturated rings. The number of nitrogens with one attached hydrogen (secondary N) is 2. The normalized spacial score (nSPS) is 17.0. The molecule has 0 atom stereocenters. The summed E-state index contributed by atoms with van der Waals surface area (Å²) in [6.07, 6.45) is 14.1. The van der Waals surface area contributed by atoms with E-state index in [0.717, 1.165) is 193 Å². The van der Waals surface area contributed by atoms with E-state index in [0.29, 0.717) is 64.2 Å². The molecular formula is C79H96BBr4FN14O15. The molecule has 0 spiro atoms. The third-order valence-corrected chi connectivity index (χ3v) is 21.6. The molecular weight excluding hydrogens is 1730 g/mol. The highest BCUT2D eigenvalue weighted by Gasteiger charge is 2.52. The van der Waals surface area contributed by atoms with Crippen molar-refractivity contribution >= 4 is 168 Å². The van der Waals surface area contributed by atoms with Gasteiger partial charge < -0.3 is 89.6 Å². The Morgan fingerprint density at radius 2 is 0.912 bits per heavy atom. The van der Waals surface area contributed by atoms with Crippen LogP contribution in [0.4, 0.5) is 44.9 Å². The first kappa shape index (κ1) is 89.2. The number of carboxylic acid groups (broad SMARTS) is 1. The number of halogens is 5. The van der Waals surface area contributed by atoms with Crippen molar-refractivity contribution in [1.82, 2.24) is 29.1 Å². The Hall–Kier alpha value is -8.72. The quantitative estimate of drug-likeness (QED) is 0.0220. The Balaban J connectivity index is 0.000000155. The van der Waals surface area contributed by atoms with Gasteiger partial charge in [0.2, 0.25) is 5.82 Å². The van der Waals surface area contributed by atoms with E-state index < -0.39 is 23.5 Å². The average Bonchev–Trinajstić information content (AvgIpc) is 1.62. The third kappa shape index (κ3) is 25.1. The SMILES string of the molecule is Brc1ccc2ncn(C3CCOCC3)c2c1.C.CC1(C)OB(c2ccc3oc(N)nc3c2)OC1(C)C.NC1CCOCC1.Nc1ccc(Br)cc1NC1CCOCC1.Nc1nc2cc(-c3ccc4ncn(C5CCOCC5)c4c3)ccc2o1.O=CO.O=[N+]([O-])c1ccc(Br)cc1F.O=[N+]([O-])c1ccc(Br)cc1NC1CCOCC1. The van der Waals surface area contributed by atoms with Crippen molar-refractivity contribution in [3.8, 4) is 11.1 Å². The molecule has 610 valence electrons. The number of ether oxygens (including phenoxy) is 5. The van der Waals surface area contributed by atoms with Crippen molar-refractivity contribution in [1.29, 1.82) is 0 Å². The molecule has 11 N–H and O–H groups in total. The van der Waals surface area contributed by atoms with Crippen molar-refractivity contribution < 1.29 is 66.0 Å². The maximum atomic E-state index is 12.6. The Morgan fingerprint density at radius 1 is 0.518 bits per heavy atom. The third-order valence-electron chi connectivity index (χ3n) is 19.7. The number of anilines is 5. The number of rotatable bonds is 10. The fourth-order valence-corrected chi connectivity index (χ4v) is 14.2. The largest absolute Gasteiger partial charge is 0.494 e. The molecule has 0 amide bonds. The van der Waals surface area contributed by atoms with Crippen LogP contribution in [-0.4, -0.2) is 153 Å². The molecule has 0 saturated carbocycles. The maximum absolute atomic E-state index is 12.6. The predicted octanol–water partition coefficient (Wildman–Crippen LogP) is 17.2. The molecule has 0 unspecified atom stereocenters. The zero-order valence-corrected chi connectivity index (χ0v) is 69.2. The first-order chi connectivity index (χ1) is 54.2. The van der Waals surface area contributed by atoms with E-state index in [9.17, 15) is 24.6 Å². The van der Waals surface area contributed by atoms with Crippen molar-refractivity contribution in [2.75, 3.05) is 93.9 Å². The molecule has 29 nitrogen and oxygen atoms in total. The minimum Gasteiger partial charge on any atom is -0.483 e. The highest BCUT2D eigenvalue weighted by atomic mass is 79.9. The number of hydrogen-bond donors (Lipinski definition) is 7. The van der Waals surface area contributed by atoms with E-state index in [4.69, 9.17) is 74.7 Å². The molecule has 6 aliphatic heterocycles. The number of carbonyl (C=O) groups is 1. The molecule has 6 saturated heterocycles. The van der Waals surface area contributed by atoms with Crippen LogP contribution in [0.2, 0.25) is 0 Å². The average molecular weight is 1830 g/mol. The monoisotopic (exact) mass is 1830 g/mol. The molecule has 0 radical (unpaired) electrons. The van der Waals surface area contributed by atoms with E-state index in [1.165, 1.54) is 17.6 Å². The summed E-state index contributed by atoms with van der Waals surface area (Å²) in [4.78, 5) is 45.6. The lowest BCUT2D eigenvalue weighted by molar-refractivity contribution is -0.387. The second-order valence-corrected chi connectivity index (χ2v) is 31.7. The molecule has 10 heterocycles. The van der Waals surface area contributed by atoms with E-state index >= 15 is 0 Å². The highest BCUT2D eigenvalue weighted by molar-refractivity contribution is 9.11. The molecule has 35 heteroatoms. The molecule has 114 heavy (non-hydrogen) atoms. The molecule has 6 aliphatic rings. The smallest absolute Gasteiger partial charge is 0.483 e. The van der Waals surface area contributed by atoms with Crippen molar-refractivity contribution in [3.63, 3.8) is 0 Å². The Labute approximate surface area is 693 Å². The van der Waals surface area contributed by atoms with Gasteiger partial charge >= 0.3 is 12.8 Å². The van der Waals surface area contributed by atoms with Gasteiger partial charge in [-0.25, -0.2) is 9.97 Å². The van der Waals surface area contributed by atoms with Gasteiger partial charge in [-0.15, -0.1) is 0 Å². The van der Waals surface area contributed by atoms with Crippen LogP contribution in [0.3, 0.4) is 0 Å². The lowest BCUT2D eigenvalue weighted by Gasteiger charge is -2.32. The lowest BCUT2D eigenvalue weighted by Crippen LogP contribution is -2.41. The van der Waals surface area contributed by atoms with Gasteiger partial charge in [-0.2, -0.15) is 14.4 Å². The number of nitrogens with two attached hydrogens (primary N) is 4. The van der Waals surface area contributed by atoms with Crippen LogP contribution in [0.5, 0.6) is 0 Å². The van der Waals surface area contributed by atoms with E-state index in [1.54, 1.807) is 12.1 Å². The Kier molecular flexibility index (Phi) is 33.5. The zero-order valence-electron chi connectivity index (χ0n) is 62.9. The first-order valence-electron chi connectivity index (χ1n) is 36.9. The van der Waals surface area contributed by atoms with Gasteiger partial charge in [-0.05, 0) is 206 Å². The molecule has 11 aromatic rings. The number of nitrogen functional groups attached to an aromatic ring is 3. The van der Waals surface area contributed by atoms with Gasteiger partial charge in [0, 0.05) is 126 Å². The molecule has 17 rings (SSSR count). The second kappa shape index (κ2) is 42.8. The van der Waals surface area contributed by atoms with Crippen LogP contribution in [0.25, 0.3) is 55.4 Å². The number of imidazole rings is 2. The highest BCUT2D eigenvalue weighted by Crippen LogP contribution is 2.38. The Morgan fingerprint density at radius 3 is 1.40 bits per heavy atom. The van der Waals surface area contributed by atoms with Gasteiger partial charge in [-0.1, -0.05) is 89.3 Å². The predicted molar refractivity (Wildman–Crippen MR) is 455 cm³/mol. The summed E-state index contributed by atoms with van der Waals surface area (Å²) < 4.78 is 69.8. The summed E-state index contributed by atoms with van der Waals surface area (Å²) in [5.74, 6) is -0.829. The van der Waals surface area contributed by atoms with E-state index in [2.05, 4.69) is 134 Å². The van der Waals surface area contributed by atoms with Gasteiger partial charge in [-0.3, -0.25) is 25.0 Å². The fourth-order valence-electron chi connectivity index (χ4n) is 12.8. The summed E-state index contributed by atoms with van der Waals surface area (Å²) in [5, 5.41) is 34.5. The summed E-state index contributed by atoms with van der Waals surface area (Å²) in [6.45, 7) is 16.0. The summed E-state index contributed by atoms with van der Waals surface area (Å²) >= 11 is 13.3. The topological polar surface area (TPSA) is 404 Å². The summed E-state index contributed by atoms with van der Waals surface area (Å²) in [7, 11) is -0.396. The van der Waals surface area contributed by atoms with Gasteiger partial charge in [0.25, 0.3) is 24.2 Å². The lowest BCUT2D eigenvalue weighted by atomic mass is 9.79. The number of benzene rings is 7. The fraction of sp³-hybridized carbons (Fsp3) is 0.405.